The molecular formula is C12H16FN3. The van der Waals surface area contributed by atoms with Crippen LogP contribution in [0.4, 0.5) is 4.39 Å². The zero-order valence-corrected chi connectivity index (χ0v) is 9.57. The Kier molecular flexibility index (Phi) is 2.92. The molecule has 2 aromatic rings. The number of nitrogens with zero attached hydrogens (tertiary/aromatic N) is 2. The van der Waals surface area contributed by atoms with Gasteiger partial charge in [0.25, 0.3) is 0 Å². The van der Waals surface area contributed by atoms with Crippen molar-refractivity contribution in [3.8, 4) is 0 Å². The number of hydrogen-bond donors (Lipinski definition) is 1. The Morgan fingerprint density at radius 3 is 2.94 bits per heavy atom. The van der Waals surface area contributed by atoms with Crippen LogP contribution in [0.2, 0.25) is 0 Å². The predicted octanol–water partition coefficient (Wildman–Crippen LogP) is 2.16. The molecule has 0 aliphatic carbocycles. The van der Waals surface area contributed by atoms with E-state index in [1.54, 1.807) is 0 Å². The summed E-state index contributed by atoms with van der Waals surface area (Å²) in [7, 11) is 1.94. The van der Waals surface area contributed by atoms with Crippen LogP contribution in [-0.2, 0) is 7.05 Å². The van der Waals surface area contributed by atoms with Crippen LogP contribution in [-0.4, -0.2) is 16.1 Å². The quantitative estimate of drug-likeness (QED) is 0.863. The highest BCUT2D eigenvalue weighted by atomic mass is 19.1. The van der Waals surface area contributed by atoms with Crippen molar-refractivity contribution in [2.75, 3.05) is 6.54 Å². The largest absolute Gasteiger partial charge is 0.346 e. The summed E-state index contributed by atoms with van der Waals surface area (Å²) in [6.07, 6.45) is 2.17. The molecule has 2 rings (SSSR count). The van der Waals surface area contributed by atoms with Gasteiger partial charge in [-0.1, -0.05) is 6.92 Å². The van der Waals surface area contributed by atoms with Gasteiger partial charge in [0.1, 0.15) is 5.82 Å². The monoisotopic (exact) mass is 221 g/mol. The molecule has 0 amide bonds. The number of hydrogen-bond acceptors (Lipinski definition) is 2. The van der Waals surface area contributed by atoms with E-state index < -0.39 is 0 Å². The lowest BCUT2D eigenvalue weighted by Gasteiger charge is -2.11. The van der Waals surface area contributed by atoms with Gasteiger partial charge in [-0.2, -0.15) is 0 Å². The third kappa shape index (κ3) is 1.80. The van der Waals surface area contributed by atoms with Crippen LogP contribution in [0.3, 0.4) is 0 Å². The summed E-state index contributed by atoms with van der Waals surface area (Å²) in [6.45, 7) is 2.78. The predicted molar refractivity (Wildman–Crippen MR) is 62.8 cm³/mol. The molecule has 4 heteroatoms. The fourth-order valence-electron chi connectivity index (χ4n) is 2.07. The third-order valence-corrected chi connectivity index (χ3v) is 3.00. The minimum atomic E-state index is -0.299. The van der Waals surface area contributed by atoms with Gasteiger partial charge >= 0.3 is 0 Å². The molecule has 0 radical (unpaired) electrons. The normalized spacial score (nSPS) is 13.2. The molecule has 1 unspecified atom stereocenters. The maximum absolute atomic E-state index is 13.1. The molecule has 0 aromatic carbocycles. The molecule has 16 heavy (non-hydrogen) atoms. The van der Waals surface area contributed by atoms with E-state index in [4.69, 9.17) is 5.73 Å². The van der Waals surface area contributed by atoms with E-state index in [1.165, 1.54) is 12.3 Å². The number of pyridine rings is 1. The van der Waals surface area contributed by atoms with Crippen LogP contribution in [0, 0.1) is 5.82 Å². The number of fused-ring (bicyclic) bond motifs is 1. The van der Waals surface area contributed by atoms with Crippen LogP contribution < -0.4 is 5.73 Å². The molecule has 0 saturated heterocycles. The molecule has 0 saturated carbocycles. The first-order valence-electron chi connectivity index (χ1n) is 5.44. The second-order valence-corrected chi connectivity index (χ2v) is 4.16. The molecule has 2 aromatic heterocycles. The van der Waals surface area contributed by atoms with Gasteiger partial charge in [0.05, 0.1) is 17.2 Å². The number of aryl methyl sites for hydroxylation is 1. The minimum absolute atomic E-state index is 0.299. The number of nitrogens with two attached hydrogens (primary N) is 1. The Bertz CT molecular complexity index is 504. The van der Waals surface area contributed by atoms with Crippen LogP contribution in [0.15, 0.2) is 18.3 Å². The number of aromatic nitrogens is 2. The highest BCUT2D eigenvalue weighted by Crippen LogP contribution is 2.25. The first-order chi connectivity index (χ1) is 7.63. The molecule has 2 N–H and O–H groups in total. The van der Waals surface area contributed by atoms with E-state index in [0.29, 0.717) is 12.5 Å². The summed E-state index contributed by atoms with van der Waals surface area (Å²) < 4.78 is 15.1. The van der Waals surface area contributed by atoms with Crippen LogP contribution in [0.1, 0.15) is 25.0 Å². The second-order valence-electron chi connectivity index (χ2n) is 4.16. The van der Waals surface area contributed by atoms with Gasteiger partial charge in [0, 0.05) is 18.8 Å². The average Bonchev–Trinajstić information content (AvgIpc) is 2.57. The smallest absolute Gasteiger partial charge is 0.143 e. The van der Waals surface area contributed by atoms with Gasteiger partial charge in [0.2, 0.25) is 0 Å². The Labute approximate surface area is 94.1 Å². The van der Waals surface area contributed by atoms with Crippen molar-refractivity contribution < 1.29 is 4.39 Å². The van der Waals surface area contributed by atoms with Crippen molar-refractivity contribution in [3.63, 3.8) is 0 Å². The molecule has 86 valence electrons. The van der Waals surface area contributed by atoms with Crippen molar-refractivity contribution in [1.29, 1.82) is 0 Å². The Balaban J connectivity index is 2.51. The van der Waals surface area contributed by atoms with Crippen molar-refractivity contribution >= 4 is 11.0 Å². The van der Waals surface area contributed by atoms with Crippen LogP contribution in [0.5, 0.6) is 0 Å². The second kappa shape index (κ2) is 4.22. The number of halogens is 1. The Hall–Kier alpha value is -1.42. The molecule has 0 fully saturated rings. The summed E-state index contributed by atoms with van der Waals surface area (Å²) in [5.41, 5.74) is 8.37. The highest BCUT2D eigenvalue weighted by molar-refractivity contribution is 5.77. The standard InChI is InChI=1S/C12H16FN3/c1-8(3-4-14)11-6-10-12(16(11)2)5-9(13)7-15-10/h5-8H,3-4,14H2,1-2H3. The van der Waals surface area contributed by atoms with Gasteiger partial charge in [-0.25, -0.2) is 4.39 Å². The molecule has 0 spiro atoms. The maximum Gasteiger partial charge on any atom is 0.143 e. The van der Waals surface area contributed by atoms with E-state index in [1.807, 2.05) is 17.7 Å². The van der Waals surface area contributed by atoms with Gasteiger partial charge in [-0.05, 0) is 24.9 Å². The summed E-state index contributed by atoms with van der Waals surface area (Å²) in [4.78, 5) is 4.08. The maximum atomic E-state index is 13.1. The van der Waals surface area contributed by atoms with Crippen molar-refractivity contribution in [3.05, 3.63) is 29.8 Å². The first-order valence-corrected chi connectivity index (χ1v) is 5.44. The first kappa shape index (κ1) is 11.1. The molecule has 1 atom stereocenters. The van der Waals surface area contributed by atoms with E-state index in [2.05, 4.69) is 11.9 Å². The van der Waals surface area contributed by atoms with Gasteiger partial charge in [-0.15, -0.1) is 0 Å². The molecule has 0 bridgehead atoms. The molecule has 2 heterocycles. The highest BCUT2D eigenvalue weighted by Gasteiger charge is 2.12. The van der Waals surface area contributed by atoms with Crippen LogP contribution >= 0.6 is 0 Å². The van der Waals surface area contributed by atoms with Crippen molar-refractivity contribution in [2.45, 2.75) is 19.3 Å². The van der Waals surface area contributed by atoms with E-state index in [0.717, 1.165) is 23.1 Å². The average molecular weight is 221 g/mol. The summed E-state index contributed by atoms with van der Waals surface area (Å²) in [5.74, 6) is 0.0685. The SMILES string of the molecule is CC(CCN)c1cc2ncc(F)cc2n1C. The van der Waals surface area contributed by atoms with Crippen LogP contribution in [0.25, 0.3) is 11.0 Å². The summed E-state index contributed by atoms with van der Waals surface area (Å²) in [5, 5.41) is 0. The van der Waals surface area contributed by atoms with Gasteiger partial charge in [-0.3, -0.25) is 4.98 Å². The minimum Gasteiger partial charge on any atom is -0.346 e. The number of rotatable bonds is 3. The third-order valence-electron chi connectivity index (χ3n) is 3.00. The van der Waals surface area contributed by atoms with Crippen molar-refractivity contribution in [2.24, 2.45) is 12.8 Å². The summed E-state index contributed by atoms with van der Waals surface area (Å²) in [6, 6.07) is 3.52. The van der Waals surface area contributed by atoms with Crippen molar-refractivity contribution in [1.82, 2.24) is 9.55 Å². The lowest BCUT2D eigenvalue weighted by molar-refractivity contribution is 0.621. The molecule has 0 aliphatic rings. The molecule has 0 aliphatic heterocycles. The van der Waals surface area contributed by atoms with E-state index in [-0.39, 0.29) is 5.82 Å². The lowest BCUT2D eigenvalue weighted by atomic mass is 10.0. The zero-order valence-electron chi connectivity index (χ0n) is 9.57. The lowest BCUT2D eigenvalue weighted by Crippen LogP contribution is -2.07. The van der Waals surface area contributed by atoms with E-state index >= 15 is 0 Å². The van der Waals surface area contributed by atoms with Gasteiger partial charge in [0.15, 0.2) is 0 Å². The van der Waals surface area contributed by atoms with E-state index in [9.17, 15) is 4.39 Å². The topological polar surface area (TPSA) is 43.8 Å². The fourth-order valence-corrected chi connectivity index (χ4v) is 2.07. The summed E-state index contributed by atoms with van der Waals surface area (Å²) >= 11 is 0. The Morgan fingerprint density at radius 2 is 2.25 bits per heavy atom. The zero-order chi connectivity index (χ0) is 11.7. The molecular weight excluding hydrogens is 205 g/mol. The molecule has 3 nitrogen and oxygen atoms in total. The Morgan fingerprint density at radius 1 is 1.50 bits per heavy atom. The van der Waals surface area contributed by atoms with Gasteiger partial charge < -0.3 is 10.3 Å². The fraction of sp³-hybridized carbons (Fsp3) is 0.417.